The van der Waals surface area contributed by atoms with E-state index >= 15 is 0 Å². The highest BCUT2D eigenvalue weighted by Crippen LogP contribution is 2.00. The van der Waals surface area contributed by atoms with Crippen molar-refractivity contribution in [2.75, 3.05) is 33.4 Å². The Kier molecular flexibility index (Phi) is 8.41. The molecular formula is C14H29N5O. The number of methoxy groups -OCH3 is 1. The van der Waals surface area contributed by atoms with Crippen LogP contribution in [0.2, 0.25) is 0 Å². The average molecular weight is 283 g/mol. The maximum Gasteiger partial charge on any atom is 0.0964 e. The fourth-order valence-electron chi connectivity index (χ4n) is 1.99. The molecule has 0 amide bonds. The highest BCUT2D eigenvalue weighted by molar-refractivity contribution is 4.91. The van der Waals surface area contributed by atoms with Gasteiger partial charge in [-0.25, -0.2) is 0 Å². The molecule has 0 saturated heterocycles. The molecule has 0 atom stereocenters. The van der Waals surface area contributed by atoms with Crippen LogP contribution in [0.5, 0.6) is 0 Å². The minimum Gasteiger partial charge on any atom is -0.383 e. The van der Waals surface area contributed by atoms with Crippen LogP contribution in [0.3, 0.4) is 0 Å². The third kappa shape index (κ3) is 6.45. The second kappa shape index (κ2) is 9.85. The van der Waals surface area contributed by atoms with Gasteiger partial charge in [0.1, 0.15) is 0 Å². The van der Waals surface area contributed by atoms with Crippen molar-refractivity contribution in [3.63, 3.8) is 0 Å². The van der Waals surface area contributed by atoms with Gasteiger partial charge < -0.3 is 10.1 Å². The third-order valence-corrected chi connectivity index (χ3v) is 3.25. The highest BCUT2D eigenvalue weighted by Gasteiger charge is 2.09. The second-order valence-corrected chi connectivity index (χ2v) is 5.27. The fraction of sp³-hybridized carbons (Fsp3) is 0.857. The molecule has 0 aliphatic carbocycles. The predicted molar refractivity (Wildman–Crippen MR) is 80.6 cm³/mol. The Balaban J connectivity index is 2.35. The van der Waals surface area contributed by atoms with Gasteiger partial charge in [0.2, 0.25) is 0 Å². The summed E-state index contributed by atoms with van der Waals surface area (Å²) < 4.78 is 7.07. The van der Waals surface area contributed by atoms with E-state index in [9.17, 15) is 0 Å². The van der Waals surface area contributed by atoms with E-state index in [-0.39, 0.29) is 0 Å². The smallest absolute Gasteiger partial charge is 0.0964 e. The van der Waals surface area contributed by atoms with Gasteiger partial charge in [0, 0.05) is 39.0 Å². The van der Waals surface area contributed by atoms with Crippen LogP contribution in [0.1, 0.15) is 32.9 Å². The number of rotatable bonds is 11. The molecule has 1 aromatic rings. The van der Waals surface area contributed by atoms with Gasteiger partial charge in [-0.1, -0.05) is 12.1 Å². The number of hydrogen-bond donors (Lipinski definition) is 1. The Morgan fingerprint density at radius 2 is 2.20 bits per heavy atom. The Morgan fingerprint density at radius 3 is 2.85 bits per heavy atom. The number of aromatic nitrogens is 3. The first-order chi connectivity index (χ1) is 9.67. The van der Waals surface area contributed by atoms with Crippen molar-refractivity contribution in [2.45, 2.75) is 46.3 Å². The Labute approximate surface area is 122 Å². The number of nitrogens with one attached hydrogen (secondary N) is 1. The summed E-state index contributed by atoms with van der Waals surface area (Å²) in [5.74, 6) is 0. The molecule has 0 aromatic carbocycles. The van der Waals surface area contributed by atoms with Crippen LogP contribution in [-0.4, -0.2) is 59.3 Å². The number of hydrogen-bond acceptors (Lipinski definition) is 5. The molecule has 1 heterocycles. The summed E-state index contributed by atoms with van der Waals surface area (Å²) in [6, 6.07) is 0.513. The van der Waals surface area contributed by atoms with Crippen LogP contribution in [-0.2, 0) is 17.8 Å². The highest BCUT2D eigenvalue weighted by atomic mass is 16.5. The normalized spacial score (nSPS) is 11.7. The average Bonchev–Trinajstić information content (AvgIpc) is 2.86. The monoisotopic (exact) mass is 283 g/mol. The lowest BCUT2D eigenvalue weighted by Crippen LogP contribution is -2.36. The zero-order chi connectivity index (χ0) is 14.8. The van der Waals surface area contributed by atoms with Crippen molar-refractivity contribution in [3.05, 3.63) is 11.9 Å². The SMILES string of the molecule is CCCNCc1cn(CCN(CCOC)C(C)C)nn1. The molecule has 1 N–H and O–H groups in total. The van der Waals surface area contributed by atoms with Crippen molar-refractivity contribution in [2.24, 2.45) is 0 Å². The van der Waals surface area contributed by atoms with E-state index in [1.807, 2.05) is 10.9 Å². The molecule has 20 heavy (non-hydrogen) atoms. The maximum atomic E-state index is 5.15. The van der Waals surface area contributed by atoms with Crippen molar-refractivity contribution in [1.29, 1.82) is 0 Å². The zero-order valence-electron chi connectivity index (χ0n) is 13.3. The Bertz CT molecular complexity index is 353. The van der Waals surface area contributed by atoms with E-state index in [1.165, 1.54) is 0 Å². The molecule has 116 valence electrons. The van der Waals surface area contributed by atoms with Gasteiger partial charge in [-0.15, -0.1) is 5.10 Å². The van der Waals surface area contributed by atoms with Gasteiger partial charge in [-0.3, -0.25) is 9.58 Å². The van der Waals surface area contributed by atoms with E-state index in [2.05, 4.69) is 41.3 Å². The number of ether oxygens (including phenoxy) is 1. The summed E-state index contributed by atoms with van der Waals surface area (Å²) in [5, 5.41) is 11.7. The molecule has 0 bridgehead atoms. The Morgan fingerprint density at radius 1 is 1.40 bits per heavy atom. The molecule has 0 aliphatic heterocycles. The minimum atomic E-state index is 0.513. The van der Waals surface area contributed by atoms with Crippen molar-refractivity contribution in [1.82, 2.24) is 25.2 Å². The zero-order valence-corrected chi connectivity index (χ0v) is 13.3. The summed E-state index contributed by atoms with van der Waals surface area (Å²) in [5.41, 5.74) is 1.01. The largest absolute Gasteiger partial charge is 0.383 e. The first kappa shape index (κ1) is 17.1. The van der Waals surface area contributed by atoms with E-state index < -0.39 is 0 Å². The van der Waals surface area contributed by atoms with Crippen molar-refractivity contribution in [3.8, 4) is 0 Å². The molecule has 6 heteroatoms. The minimum absolute atomic E-state index is 0.513. The molecule has 0 aliphatic rings. The lowest BCUT2D eigenvalue weighted by molar-refractivity contribution is 0.126. The van der Waals surface area contributed by atoms with Crippen molar-refractivity contribution < 1.29 is 4.74 Å². The van der Waals surface area contributed by atoms with E-state index in [4.69, 9.17) is 4.74 Å². The molecule has 0 unspecified atom stereocenters. The first-order valence-corrected chi connectivity index (χ1v) is 7.50. The van der Waals surface area contributed by atoms with Gasteiger partial charge >= 0.3 is 0 Å². The summed E-state index contributed by atoms with van der Waals surface area (Å²) in [4.78, 5) is 2.39. The molecule has 0 saturated carbocycles. The van der Waals surface area contributed by atoms with Crippen LogP contribution in [0.4, 0.5) is 0 Å². The molecule has 0 spiro atoms. The Hall–Kier alpha value is -0.980. The lowest BCUT2D eigenvalue weighted by Gasteiger charge is -2.25. The molecular weight excluding hydrogens is 254 g/mol. The topological polar surface area (TPSA) is 55.2 Å². The van der Waals surface area contributed by atoms with Crippen LogP contribution in [0.15, 0.2) is 6.20 Å². The summed E-state index contributed by atoms with van der Waals surface area (Å²) >= 11 is 0. The van der Waals surface area contributed by atoms with Gasteiger partial charge in [-0.2, -0.15) is 0 Å². The van der Waals surface area contributed by atoms with Crippen LogP contribution < -0.4 is 5.32 Å². The van der Waals surface area contributed by atoms with Crippen molar-refractivity contribution >= 4 is 0 Å². The maximum absolute atomic E-state index is 5.15. The summed E-state index contributed by atoms with van der Waals surface area (Å²) in [6.07, 6.45) is 3.16. The molecule has 0 radical (unpaired) electrons. The van der Waals surface area contributed by atoms with E-state index in [1.54, 1.807) is 7.11 Å². The quantitative estimate of drug-likeness (QED) is 0.617. The standard InChI is InChI=1S/C14H29N5O/c1-5-6-15-11-14-12-19(17-16-14)8-7-18(13(2)3)9-10-20-4/h12-13,15H,5-11H2,1-4H3. The van der Waals surface area contributed by atoms with Gasteiger partial charge in [0.15, 0.2) is 0 Å². The van der Waals surface area contributed by atoms with E-state index in [0.29, 0.717) is 6.04 Å². The van der Waals surface area contributed by atoms with E-state index in [0.717, 1.165) is 51.4 Å². The summed E-state index contributed by atoms with van der Waals surface area (Å²) in [6.45, 7) is 11.9. The van der Waals surface area contributed by atoms with Gasteiger partial charge in [0.25, 0.3) is 0 Å². The molecule has 1 rings (SSSR count). The predicted octanol–water partition coefficient (Wildman–Crippen LogP) is 1.13. The number of nitrogens with zero attached hydrogens (tertiary/aromatic N) is 4. The van der Waals surface area contributed by atoms with Crippen LogP contribution in [0.25, 0.3) is 0 Å². The molecule has 0 fully saturated rings. The third-order valence-electron chi connectivity index (χ3n) is 3.25. The van der Waals surface area contributed by atoms with Crippen LogP contribution in [0, 0.1) is 0 Å². The van der Waals surface area contributed by atoms with Gasteiger partial charge in [0.05, 0.1) is 18.8 Å². The van der Waals surface area contributed by atoms with Crippen LogP contribution >= 0.6 is 0 Å². The summed E-state index contributed by atoms with van der Waals surface area (Å²) in [7, 11) is 1.74. The van der Waals surface area contributed by atoms with Gasteiger partial charge in [-0.05, 0) is 26.8 Å². The first-order valence-electron chi connectivity index (χ1n) is 7.50. The lowest BCUT2D eigenvalue weighted by atomic mass is 10.3. The fourth-order valence-corrected chi connectivity index (χ4v) is 1.99. The molecule has 6 nitrogen and oxygen atoms in total. The molecule has 1 aromatic heterocycles. The second-order valence-electron chi connectivity index (χ2n) is 5.27.